The van der Waals surface area contributed by atoms with Crippen LogP contribution >= 0.6 is 15.9 Å². The third-order valence-corrected chi connectivity index (χ3v) is 3.90. The standard InChI is InChI=1S/C17H19BrFN3O3/c1-24-7-8-25-16-13(3-2-6-20-16)11-22-17(23)21-10-12-4-5-14(18)15(19)9-12/h2-6,9H,7-8,10-11H2,1H3,(H2,21,22,23). The first-order valence-corrected chi connectivity index (χ1v) is 8.40. The van der Waals surface area contributed by atoms with Gasteiger partial charge in [-0.15, -0.1) is 0 Å². The average molecular weight is 412 g/mol. The molecule has 25 heavy (non-hydrogen) atoms. The maximum Gasteiger partial charge on any atom is 0.315 e. The molecular formula is C17H19BrFN3O3. The monoisotopic (exact) mass is 411 g/mol. The van der Waals surface area contributed by atoms with Crippen LogP contribution in [-0.4, -0.2) is 31.3 Å². The summed E-state index contributed by atoms with van der Waals surface area (Å²) in [6, 6.07) is 7.92. The number of aromatic nitrogens is 1. The predicted molar refractivity (Wildman–Crippen MR) is 94.8 cm³/mol. The summed E-state index contributed by atoms with van der Waals surface area (Å²) in [6.07, 6.45) is 1.62. The predicted octanol–water partition coefficient (Wildman–Crippen LogP) is 3.01. The van der Waals surface area contributed by atoms with Gasteiger partial charge in [-0.25, -0.2) is 14.2 Å². The third-order valence-electron chi connectivity index (χ3n) is 3.25. The molecule has 0 spiro atoms. The van der Waals surface area contributed by atoms with Gasteiger partial charge in [-0.05, 0) is 39.7 Å². The smallest absolute Gasteiger partial charge is 0.315 e. The van der Waals surface area contributed by atoms with Crippen molar-refractivity contribution in [3.05, 3.63) is 57.9 Å². The van der Waals surface area contributed by atoms with Gasteiger partial charge in [0.05, 0.1) is 11.1 Å². The number of hydrogen-bond donors (Lipinski definition) is 2. The lowest BCUT2D eigenvalue weighted by molar-refractivity contribution is 0.143. The number of hydrogen-bond acceptors (Lipinski definition) is 4. The van der Waals surface area contributed by atoms with E-state index in [1.807, 2.05) is 6.07 Å². The van der Waals surface area contributed by atoms with Crippen molar-refractivity contribution < 1.29 is 18.7 Å². The second-order valence-corrected chi connectivity index (χ2v) is 5.95. The number of methoxy groups -OCH3 is 1. The van der Waals surface area contributed by atoms with Crippen molar-refractivity contribution in [2.45, 2.75) is 13.1 Å². The van der Waals surface area contributed by atoms with Gasteiger partial charge < -0.3 is 20.1 Å². The number of benzene rings is 1. The highest BCUT2D eigenvalue weighted by Gasteiger charge is 2.07. The molecular weight excluding hydrogens is 393 g/mol. The van der Waals surface area contributed by atoms with E-state index in [0.717, 1.165) is 5.56 Å². The van der Waals surface area contributed by atoms with Crippen LogP contribution < -0.4 is 15.4 Å². The van der Waals surface area contributed by atoms with Crippen LogP contribution in [0.15, 0.2) is 41.0 Å². The van der Waals surface area contributed by atoms with E-state index in [2.05, 4.69) is 31.5 Å². The number of rotatable bonds is 8. The molecule has 0 bridgehead atoms. The third kappa shape index (κ3) is 6.32. The van der Waals surface area contributed by atoms with Crippen molar-refractivity contribution in [2.75, 3.05) is 20.3 Å². The van der Waals surface area contributed by atoms with Gasteiger partial charge in [0.15, 0.2) is 0 Å². The summed E-state index contributed by atoms with van der Waals surface area (Å²) >= 11 is 3.09. The molecule has 8 heteroatoms. The van der Waals surface area contributed by atoms with Gasteiger partial charge in [-0.3, -0.25) is 0 Å². The van der Waals surface area contributed by atoms with E-state index in [9.17, 15) is 9.18 Å². The molecule has 2 rings (SSSR count). The van der Waals surface area contributed by atoms with Crippen molar-refractivity contribution in [1.82, 2.24) is 15.6 Å². The van der Waals surface area contributed by atoms with Crippen LogP contribution in [0.3, 0.4) is 0 Å². The van der Waals surface area contributed by atoms with Crippen molar-refractivity contribution in [3.63, 3.8) is 0 Å². The van der Waals surface area contributed by atoms with E-state index in [1.165, 1.54) is 6.07 Å². The van der Waals surface area contributed by atoms with Crippen molar-refractivity contribution in [2.24, 2.45) is 0 Å². The van der Waals surface area contributed by atoms with E-state index in [-0.39, 0.29) is 24.9 Å². The second kappa shape index (κ2) is 9.95. The highest BCUT2D eigenvalue weighted by Crippen LogP contribution is 2.16. The summed E-state index contributed by atoms with van der Waals surface area (Å²) < 4.78 is 24.3. The molecule has 0 fully saturated rings. The van der Waals surface area contributed by atoms with Crippen LogP contribution in [0.1, 0.15) is 11.1 Å². The molecule has 1 heterocycles. The van der Waals surface area contributed by atoms with E-state index in [0.29, 0.717) is 29.1 Å². The molecule has 1 aromatic carbocycles. The fourth-order valence-electron chi connectivity index (χ4n) is 1.98. The highest BCUT2D eigenvalue weighted by atomic mass is 79.9. The molecule has 134 valence electrons. The molecule has 1 aromatic heterocycles. The summed E-state index contributed by atoms with van der Waals surface area (Å²) in [7, 11) is 1.59. The van der Waals surface area contributed by atoms with Crippen LogP contribution in [0.2, 0.25) is 0 Å². The fraction of sp³-hybridized carbons (Fsp3) is 0.294. The van der Waals surface area contributed by atoms with E-state index in [4.69, 9.17) is 9.47 Å². The zero-order chi connectivity index (χ0) is 18.1. The number of halogens is 2. The minimum atomic E-state index is -0.368. The quantitative estimate of drug-likeness (QED) is 0.654. The van der Waals surface area contributed by atoms with Crippen molar-refractivity contribution in [1.29, 1.82) is 0 Å². The van der Waals surface area contributed by atoms with E-state index < -0.39 is 0 Å². The zero-order valence-electron chi connectivity index (χ0n) is 13.7. The van der Waals surface area contributed by atoms with Crippen molar-refractivity contribution in [3.8, 4) is 5.88 Å². The lowest BCUT2D eigenvalue weighted by atomic mass is 10.2. The Hall–Kier alpha value is -2.19. The second-order valence-electron chi connectivity index (χ2n) is 5.09. The number of carbonyl (C=O) groups excluding carboxylic acids is 1. The van der Waals surface area contributed by atoms with Gasteiger partial charge in [0.2, 0.25) is 5.88 Å². The number of carbonyl (C=O) groups is 1. The molecule has 0 saturated carbocycles. The normalized spacial score (nSPS) is 10.4. The Bertz CT molecular complexity index is 715. The van der Waals surface area contributed by atoms with Crippen LogP contribution in [0.25, 0.3) is 0 Å². The topological polar surface area (TPSA) is 72.5 Å². The molecule has 0 saturated heterocycles. The molecule has 2 amide bonds. The van der Waals surface area contributed by atoms with Crippen LogP contribution in [-0.2, 0) is 17.8 Å². The van der Waals surface area contributed by atoms with E-state index >= 15 is 0 Å². The molecule has 0 unspecified atom stereocenters. The summed E-state index contributed by atoms with van der Waals surface area (Å²) in [4.78, 5) is 16.1. The summed E-state index contributed by atoms with van der Waals surface area (Å²) in [5.74, 6) is 0.0859. The first-order chi connectivity index (χ1) is 12.1. The van der Waals surface area contributed by atoms with E-state index in [1.54, 1.807) is 31.5 Å². The number of urea groups is 1. The lowest BCUT2D eigenvalue weighted by Gasteiger charge is -2.11. The largest absolute Gasteiger partial charge is 0.475 e. The average Bonchev–Trinajstić information content (AvgIpc) is 2.62. The molecule has 2 aromatic rings. The number of nitrogens with zero attached hydrogens (tertiary/aromatic N) is 1. The Morgan fingerprint density at radius 3 is 2.80 bits per heavy atom. The zero-order valence-corrected chi connectivity index (χ0v) is 15.3. The first-order valence-electron chi connectivity index (χ1n) is 7.61. The Morgan fingerprint density at radius 2 is 2.04 bits per heavy atom. The molecule has 0 aliphatic carbocycles. The van der Waals surface area contributed by atoms with Gasteiger partial charge in [-0.1, -0.05) is 12.1 Å². The van der Waals surface area contributed by atoms with Crippen LogP contribution in [0.4, 0.5) is 9.18 Å². The van der Waals surface area contributed by atoms with Gasteiger partial charge in [0, 0.05) is 32.0 Å². The highest BCUT2D eigenvalue weighted by molar-refractivity contribution is 9.10. The molecule has 0 aliphatic heterocycles. The number of nitrogens with one attached hydrogen (secondary N) is 2. The Kier molecular flexibility index (Phi) is 7.62. The van der Waals surface area contributed by atoms with Gasteiger partial charge in [0.1, 0.15) is 12.4 Å². The Labute approximate surface area is 153 Å². The lowest BCUT2D eigenvalue weighted by Crippen LogP contribution is -2.34. The van der Waals surface area contributed by atoms with Gasteiger partial charge in [0.25, 0.3) is 0 Å². The fourth-order valence-corrected chi connectivity index (χ4v) is 2.23. The van der Waals surface area contributed by atoms with Gasteiger partial charge >= 0.3 is 6.03 Å². The molecule has 2 N–H and O–H groups in total. The molecule has 0 atom stereocenters. The molecule has 0 aliphatic rings. The maximum atomic E-state index is 13.4. The Balaban J connectivity index is 1.82. The number of ether oxygens (including phenoxy) is 2. The minimum absolute atomic E-state index is 0.222. The maximum absolute atomic E-state index is 13.4. The van der Waals surface area contributed by atoms with Crippen LogP contribution in [0.5, 0.6) is 5.88 Å². The molecule has 6 nitrogen and oxygen atoms in total. The van der Waals surface area contributed by atoms with Crippen molar-refractivity contribution >= 4 is 22.0 Å². The number of amides is 2. The Morgan fingerprint density at radius 1 is 1.24 bits per heavy atom. The number of pyridine rings is 1. The first kappa shape index (κ1) is 19.1. The van der Waals surface area contributed by atoms with Crippen LogP contribution in [0, 0.1) is 5.82 Å². The summed E-state index contributed by atoms with van der Waals surface area (Å²) in [5.41, 5.74) is 1.42. The summed E-state index contributed by atoms with van der Waals surface area (Å²) in [6.45, 7) is 1.31. The summed E-state index contributed by atoms with van der Waals surface area (Å²) in [5, 5.41) is 5.40. The van der Waals surface area contributed by atoms with Gasteiger partial charge in [-0.2, -0.15) is 0 Å². The SMILES string of the molecule is COCCOc1ncccc1CNC(=O)NCc1ccc(Br)c(F)c1. The minimum Gasteiger partial charge on any atom is -0.475 e. The molecule has 0 radical (unpaired) electrons.